The quantitative estimate of drug-likeness (QED) is 0.182. The van der Waals surface area contributed by atoms with Gasteiger partial charge in [0.1, 0.15) is 0 Å². The van der Waals surface area contributed by atoms with Crippen LogP contribution in [0.1, 0.15) is 93.4 Å². The van der Waals surface area contributed by atoms with Gasteiger partial charge in [-0.05, 0) is 130 Å². The van der Waals surface area contributed by atoms with E-state index in [1.807, 2.05) is 0 Å². The van der Waals surface area contributed by atoms with Crippen LogP contribution < -0.4 is 4.90 Å². The zero-order valence-electron chi connectivity index (χ0n) is 29.9. The first-order valence-electron chi connectivity index (χ1n) is 20.0. The molecule has 252 valence electrons. The Bertz CT molecular complexity index is 2340. The third-order valence-electron chi connectivity index (χ3n) is 14.5. The number of fused-ring (bicyclic) bond motifs is 14. The lowest BCUT2D eigenvalue weighted by molar-refractivity contribution is 0.0557. The maximum absolute atomic E-state index is 2.61. The normalized spacial score (nSPS) is 24.8. The summed E-state index contributed by atoms with van der Waals surface area (Å²) in [6.45, 7) is 2.47. The molecular weight excluding hydrogens is 615 g/mol. The molecule has 5 aliphatic carbocycles. The van der Waals surface area contributed by atoms with Gasteiger partial charge in [-0.2, -0.15) is 0 Å². The minimum absolute atomic E-state index is 0.131. The number of hydrogen-bond acceptors (Lipinski definition) is 1. The third kappa shape index (κ3) is 4.04. The highest BCUT2D eigenvalue weighted by atomic mass is 15.1. The topological polar surface area (TPSA) is 3.24 Å². The van der Waals surface area contributed by atoms with Crippen LogP contribution in [0.2, 0.25) is 0 Å². The van der Waals surface area contributed by atoms with E-state index in [4.69, 9.17) is 0 Å². The van der Waals surface area contributed by atoms with E-state index in [9.17, 15) is 0 Å². The molecule has 0 aliphatic heterocycles. The van der Waals surface area contributed by atoms with E-state index in [0.717, 1.165) is 11.8 Å². The summed E-state index contributed by atoms with van der Waals surface area (Å²) in [7, 11) is 0. The van der Waals surface area contributed by atoms with E-state index in [1.165, 1.54) is 120 Å². The second-order valence-corrected chi connectivity index (χ2v) is 16.6. The summed E-state index contributed by atoms with van der Waals surface area (Å²) in [4.78, 5) is 2.61. The lowest BCUT2D eigenvalue weighted by Gasteiger charge is -2.54. The van der Waals surface area contributed by atoms with Gasteiger partial charge < -0.3 is 4.90 Å². The standard InChI is InChI=1S/C50H47N/c1-2-36-29-33-13-11-16-37(30-33)50(36)44-20-8-5-17-40(44)42-32-39(25-26-45(42)50)51(38-24-23-34-14-3-4-15-35(34)31-38)47-22-12-21-46-48(47)41-18-6-7-19-43(41)49(46)27-9-10-28-49/h3-8,12,14-15,17-26,31-33,36-37H,2,9-11,13,16,27-30H2,1H3. The summed E-state index contributed by atoms with van der Waals surface area (Å²) < 4.78 is 0. The van der Waals surface area contributed by atoms with Gasteiger partial charge >= 0.3 is 0 Å². The number of rotatable bonds is 4. The molecule has 6 aromatic carbocycles. The predicted octanol–water partition coefficient (Wildman–Crippen LogP) is 13.7. The van der Waals surface area contributed by atoms with Crippen molar-refractivity contribution < 1.29 is 0 Å². The fourth-order valence-corrected chi connectivity index (χ4v) is 12.6. The molecule has 6 aromatic rings. The number of nitrogens with zero attached hydrogens (tertiary/aromatic N) is 1. The van der Waals surface area contributed by atoms with E-state index < -0.39 is 0 Å². The predicted molar refractivity (Wildman–Crippen MR) is 213 cm³/mol. The first-order valence-corrected chi connectivity index (χ1v) is 20.0. The molecule has 0 aromatic heterocycles. The van der Waals surface area contributed by atoms with Crippen molar-refractivity contribution in [3.63, 3.8) is 0 Å². The van der Waals surface area contributed by atoms with Gasteiger partial charge in [-0.15, -0.1) is 0 Å². The van der Waals surface area contributed by atoms with Gasteiger partial charge in [-0.1, -0.05) is 136 Å². The van der Waals surface area contributed by atoms with Crippen molar-refractivity contribution in [3.05, 3.63) is 150 Å². The SMILES string of the molecule is CCC1CC2CCCC(C2)C12c1ccccc1-c1cc(N(c3ccc4ccccc4c3)c3cccc4c3-c3ccccc3C43CCCC3)ccc12. The molecule has 0 heterocycles. The Morgan fingerprint density at radius 3 is 2.14 bits per heavy atom. The van der Waals surface area contributed by atoms with Gasteiger partial charge in [-0.3, -0.25) is 0 Å². The zero-order chi connectivity index (χ0) is 33.7. The van der Waals surface area contributed by atoms with Gasteiger partial charge in [0.2, 0.25) is 0 Å². The van der Waals surface area contributed by atoms with Crippen LogP contribution in [0.25, 0.3) is 33.0 Å². The fraction of sp³-hybridized carbons (Fsp3) is 0.320. The summed E-state index contributed by atoms with van der Waals surface area (Å²) in [6, 6.07) is 49.7. The number of hydrogen-bond donors (Lipinski definition) is 0. The van der Waals surface area contributed by atoms with E-state index in [2.05, 4.69) is 139 Å². The average Bonchev–Trinajstić information content (AvgIpc) is 3.87. The van der Waals surface area contributed by atoms with Crippen molar-refractivity contribution in [2.24, 2.45) is 17.8 Å². The van der Waals surface area contributed by atoms with E-state index in [0.29, 0.717) is 5.92 Å². The Kier molecular flexibility index (Phi) is 6.59. The largest absolute Gasteiger partial charge is 0.310 e. The van der Waals surface area contributed by atoms with E-state index >= 15 is 0 Å². The Hall–Kier alpha value is -4.62. The molecule has 0 radical (unpaired) electrons. The van der Waals surface area contributed by atoms with Gasteiger partial charge in [0.05, 0.1) is 5.69 Å². The summed E-state index contributed by atoms with van der Waals surface area (Å²) in [6.07, 6.45) is 13.3. The summed E-state index contributed by atoms with van der Waals surface area (Å²) in [5, 5.41) is 2.57. The molecular formula is C50H47N. The molecule has 4 unspecified atom stereocenters. The minimum Gasteiger partial charge on any atom is -0.310 e. The molecule has 4 atom stereocenters. The van der Waals surface area contributed by atoms with E-state index in [-0.39, 0.29) is 10.8 Å². The van der Waals surface area contributed by atoms with Crippen LogP contribution in [0.15, 0.2) is 127 Å². The van der Waals surface area contributed by atoms with E-state index in [1.54, 1.807) is 16.7 Å². The van der Waals surface area contributed by atoms with Gasteiger partial charge in [0, 0.05) is 27.8 Å². The van der Waals surface area contributed by atoms with Crippen LogP contribution in [-0.4, -0.2) is 0 Å². The van der Waals surface area contributed by atoms with Crippen LogP contribution in [0.4, 0.5) is 17.1 Å². The van der Waals surface area contributed by atoms with Crippen LogP contribution in [0.5, 0.6) is 0 Å². The van der Waals surface area contributed by atoms with Crippen LogP contribution in [-0.2, 0) is 10.8 Å². The monoisotopic (exact) mass is 661 g/mol. The van der Waals surface area contributed by atoms with Gasteiger partial charge in [0.25, 0.3) is 0 Å². The molecule has 2 spiro atoms. The van der Waals surface area contributed by atoms with Crippen molar-refractivity contribution in [2.75, 3.05) is 4.90 Å². The molecule has 0 amide bonds. The Balaban J connectivity index is 1.16. The smallest absolute Gasteiger partial charge is 0.0543 e. The minimum atomic E-state index is 0.131. The molecule has 51 heavy (non-hydrogen) atoms. The lowest BCUT2D eigenvalue weighted by Crippen LogP contribution is -2.48. The van der Waals surface area contributed by atoms with Crippen LogP contribution >= 0.6 is 0 Å². The van der Waals surface area contributed by atoms with Crippen molar-refractivity contribution in [3.8, 4) is 22.3 Å². The van der Waals surface area contributed by atoms with Gasteiger partial charge in [0.15, 0.2) is 0 Å². The molecule has 0 saturated heterocycles. The first kappa shape index (κ1) is 30.0. The van der Waals surface area contributed by atoms with Gasteiger partial charge in [-0.25, -0.2) is 0 Å². The summed E-state index contributed by atoms with van der Waals surface area (Å²) in [5.41, 5.74) is 16.2. The highest BCUT2D eigenvalue weighted by molar-refractivity contribution is 5.98. The van der Waals surface area contributed by atoms with Crippen molar-refractivity contribution in [1.82, 2.24) is 0 Å². The number of anilines is 3. The highest BCUT2D eigenvalue weighted by Crippen LogP contribution is 2.65. The average molecular weight is 662 g/mol. The Morgan fingerprint density at radius 1 is 0.569 bits per heavy atom. The zero-order valence-corrected chi connectivity index (χ0v) is 29.9. The molecule has 0 N–H and O–H groups in total. The molecule has 3 fully saturated rings. The lowest BCUT2D eigenvalue weighted by atomic mass is 9.50. The molecule has 3 saturated carbocycles. The van der Waals surface area contributed by atoms with Crippen LogP contribution in [0, 0.1) is 17.8 Å². The molecule has 1 heteroatoms. The number of benzene rings is 6. The summed E-state index contributed by atoms with van der Waals surface area (Å²) in [5.74, 6) is 2.34. The molecule has 5 aliphatic rings. The van der Waals surface area contributed by atoms with Crippen LogP contribution in [0.3, 0.4) is 0 Å². The van der Waals surface area contributed by atoms with Crippen molar-refractivity contribution in [2.45, 2.75) is 82.0 Å². The third-order valence-corrected chi connectivity index (χ3v) is 14.5. The second-order valence-electron chi connectivity index (χ2n) is 16.6. The first-order chi connectivity index (χ1) is 25.2. The molecule has 2 bridgehead atoms. The Morgan fingerprint density at radius 2 is 1.27 bits per heavy atom. The second kappa shape index (κ2) is 11.2. The fourth-order valence-electron chi connectivity index (χ4n) is 12.6. The maximum Gasteiger partial charge on any atom is 0.0543 e. The van der Waals surface area contributed by atoms with Crippen molar-refractivity contribution in [1.29, 1.82) is 0 Å². The molecule has 11 rings (SSSR count). The van der Waals surface area contributed by atoms with Crippen molar-refractivity contribution >= 4 is 27.8 Å². The maximum atomic E-state index is 2.61. The summed E-state index contributed by atoms with van der Waals surface area (Å²) >= 11 is 0. The highest BCUT2D eigenvalue weighted by Gasteiger charge is 2.56. The Labute approximate surface area is 303 Å². The molecule has 1 nitrogen and oxygen atoms in total.